The number of amides is 1. The van der Waals surface area contributed by atoms with Gasteiger partial charge in [-0.15, -0.1) is 0 Å². The Morgan fingerprint density at radius 2 is 2.06 bits per heavy atom. The Labute approximate surface area is 100 Å². The van der Waals surface area contributed by atoms with Crippen LogP contribution in [0.4, 0.5) is 0 Å². The second-order valence-corrected chi connectivity index (χ2v) is 4.16. The van der Waals surface area contributed by atoms with Gasteiger partial charge >= 0.3 is 0 Å². The first-order valence-corrected chi connectivity index (χ1v) is 5.76. The SMILES string of the molecule is N#CCN(C(=O)c1cncnc1)C1CCCC1. The number of carbonyl (C=O) groups is 1. The fourth-order valence-corrected chi connectivity index (χ4v) is 2.23. The van der Waals surface area contributed by atoms with Crippen molar-refractivity contribution in [3.05, 3.63) is 24.3 Å². The van der Waals surface area contributed by atoms with Gasteiger partial charge in [0, 0.05) is 18.4 Å². The van der Waals surface area contributed by atoms with Gasteiger partial charge in [0.15, 0.2) is 0 Å². The number of hydrogen-bond acceptors (Lipinski definition) is 4. The van der Waals surface area contributed by atoms with Crippen LogP contribution in [0.2, 0.25) is 0 Å². The van der Waals surface area contributed by atoms with Crippen LogP contribution in [-0.2, 0) is 0 Å². The average molecular weight is 230 g/mol. The lowest BCUT2D eigenvalue weighted by Crippen LogP contribution is -2.39. The van der Waals surface area contributed by atoms with E-state index in [2.05, 4.69) is 16.0 Å². The van der Waals surface area contributed by atoms with Crippen LogP contribution in [0.15, 0.2) is 18.7 Å². The topological polar surface area (TPSA) is 69.9 Å². The van der Waals surface area contributed by atoms with E-state index in [0.717, 1.165) is 25.7 Å². The van der Waals surface area contributed by atoms with Crippen LogP contribution in [-0.4, -0.2) is 33.4 Å². The summed E-state index contributed by atoms with van der Waals surface area (Å²) in [6, 6.07) is 2.26. The Morgan fingerprint density at radius 3 is 2.65 bits per heavy atom. The second-order valence-electron chi connectivity index (χ2n) is 4.16. The molecule has 0 unspecified atom stereocenters. The highest BCUT2D eigenvalue weighted by atomic mass is 16.2. The van der Waals surface area contributed by atoms with Gasteiger partial charge in [-0.2, -0.15) is 5.26 Å². The molecule has 0 N–H and O–H groups in total. The summed E-state index contributed by atoms with van der Waals surface area (Å²) in [6.45, 7) is 0.137. The first-order chi connectivity index (χ1) is 8.33. The van der Waals surface area contributed by atoms with Crippen LogP contribution in [0.1, 0.15) is 36.0 Å². The van der Waals surface area contributed by atoms with E-state index in [1.54, 1.807) is 4.90 Å². The summed E-state index contributed by atoms with van der Waals surface area (Å²) in [5, 5.41) is 8.82. The predicted octanol–water partition coefficient (Wildman–Crippen LogP) is 1.38. The maximum atomic E-state index is 12.2. The first kappa shape index (κ1) is 11.5. The third-order valence-electron chi connectivity index (χ3n) is 3.07. The normalized spacial score (nSPS) is 15.5. The van der Waals surface area contributed by atoms with Crippen molar-refractivity contribution in [3.8, 4) is 6.07 Å². The van der Waals surface area contributed by atoms with Crippen LogP contribution in [0.25, 0.3) is 0 Å². The highest BCUT2D eigenvalue weighted by Gasteiger charge is 2.27. The van der Waals surface area contributed by atoms with Crippen LogP contribution < -0.4 is 0 Å². The lowest BCUT2D eigenvalue weighted by molar-refractivity contribution is 0.0708. The fourth-order valence-electron chi connectivity index (χ4n) is 2.23. The number of carbonyl (C=O) groups excluding carboxylic acids is 1. The molecule has 1 aromatic rings. The predicted molar refractivity (Wildman–Crippen MR) is 60.9 cm³/mol. The minimum Gasteiger partial charge on any atom is -0.322 e. The lowest BCUT2D eigenvalue weighted by Gasteiger charge is -2.26. The molecule has 5 heteroatoms. The third-order valence-corrected chi connectivity index (χ3v) is 3.07. The average Bonchev–Trinajstić information content (AvgIpc) is 2.90. The van der Waals surface area contributed by atoms with E-state index >= 15 is 0 Å². The molecule has 1 aliphatic rings. The minimum absolute atomic E-state index is 0.137. The molecule has 0 bridgehead atoms. The van der Waals surface area contributed by atoms with Gasteiger partial charge in [-0.25, -0.2) is 9.97 Å². The van der Waals surface area contributed by atoms with Crippen LogP contribution >= 0.6 is 0 Å². The molecule has 1 fully saturated rings. The van der Waals surface area contributed by atoms with Crippen LogP contribution in [0.5, 0.6) is 0 Å². The zero-order chi connectivity index (χ0) is 12.1. The van der Waals surface area contributed by atoms with Crippen molar-refractivity contribution in [2.45, 2.75) is 31.7 Å². The molecule has 5 nitrogen and oxygen atoms in total. The van der Waals surface area contributed by atoms with Crippen LogP contribution in [0, 0.1) is 11.3 Å². The fraction of sp³-hybridized carbons (Fsp3) is 0.500. The molecule has 2 rings (SSSR count). The number of nitriles is 1. The van der Waals surface area contributed by atoms with Gasteiger partial charge in [-0.05, 0) is 12.8 Å². The van der Waals surface area contributed by atoms with E-state index in [-0.39, 0.29) is 18.5 Å². The quantitative estimate of drug-likeness (QED) is 0.735. The van der Waals surface area contributed by atoms with Gasteiger partial charge in [0.05, 0.1) is 11.6 Å². The van der Waals surface area contributed by atoms with Gasteiger partial charge in [0.1, 0.15) is 12.9 Å². The minimum atomic E-state index is -0.140. The first-order valence-electron chi connectivity index (χ1n) is 5.76. The third kappa shape index (κ3) is 2.59. The molecule has 1 heterocycles. The largest absolute Gasteiger partial charge is 0.322 e. The Hall–Kier alpha value is -1.96. The summed E-state index contributed by atoms with van der Waals surface area (Å²) in [5.74, 6) is -0.140. The van der Waals surface area contributed by atoms with Crippen molar-refractivity contribution in [2.75, 3.05) is 6.54 Å². The molecule has 0 aliphatic heterocycles. The zero-order valence-electron chi connectivity index (χ0n) is 9.54. The Bertz CT molecular complexity index is 420. The molecule has 0 spiro atoms. The summed E-state index contributed by atoms with van der Waals surface area (Å²) < 4.78 is 0. The number of rotatable bonds is 3. The molecule has 88 valence electrons. The molecule has 0 atom stereocenters. The second kappa shape index (κ2) is 5.39. The number of hydrogen-bond donors (Lipinski definition) is 0. The smallest absolute Gasteiger partial charge is 0.258 e. The van der Waals surface area contributed by atoms with Crippen molar-refractivity contribution < 1.29 is 4.79 Å². The van der Waals surface area contributed by atoms with Crippen molar-refractivity contribution >= 4 is 5.91 Å². The maximum Gasteiger partial charge on any atom is 0.258 e. The van der Waals surface area contributed by atoms with Gasteiger partial charge in [-0.3, -0.25) is 4.79 Å². The highest BCUT2D eigenvalue weighted by molar-refractivity contribution is 5.94. The van der Waals surface area contributed by atoms with E-state index in [1.807, 2.05) is 0 Å². The number of nitrogens with zero attached hydrogens (tertiary/aromatic N) is 4. The zero-order valence-corrected chi connectivity index (χ0v) is 9.54. The van der Waals surface area contributed by atoms with E-state index in [4.69, 9.17) is 5.26 Å². The monoisotopic (exact) mass is 230 g/mol. The molecule has 1 aromatic heterocycles. The Kier molecular flexibility index (Phi) is 3.66. The van der Waals surface area contributed by atoms with Crippen molar-refractivity contribution in [1.82, 2.24) is 14.9 Å². The standard InChI is InChI=1S/C12H14N4O/c13-5-6-16(11-3-1-2-4-11)12(17)10-7-14-9-15-8-10/h7-9,11H,1-4,6H2. The molecule has 0 saturated heterocycles. The molecule has 17 heavy (non-hydrogen) atoms. The van der Waals surface area contributed by atoms with E-state index in [0.29, 0.717) is 5.56 Å². The summed E-state index contributed by atoms with van der Waals surface area (Å²) in [7, 11) is 0. The Balaban J connectivity index is 2.16. The van der Waals surface area contributed by atoms with E-state index in [9.17, 15) is 4.79 Å². The summed E-state index contributed by atoms with van der Waals surface area (Å²) in [5.41, 5.74) is 0.453. The van der Waals surface area contributed by atoms with E-state index < -0.39 is 0 Å². The van der Waals surface area contributed by atoms with Crippen molar-refractivity contribution in [2.24, 2.45) is 0 Å². The molecule has 0 radical (unpaired) electrons. The molecule has 1 aliphatic carbocycles. The molecule has 0 aromatic carbocycles. The van der Waals surface area contributed by atoms with E-state index in [1.165, 1.54) is 18.7 Å². The Morgan fingerprint density at radius 1 is 1.41 bits per heavy atom. The molecular weight excluding hydrogens is 216 g/mol. The van der Waals surface area contributed by atoms with Crippen molar-refractivity contribution in [3.63, 3.8) is 0 Å². The lowest BCUT2D eigenvalue weighted by atomic mass is 10.2. The molecular formula is C12H14N4O. The van der Waals surface area contributed by atoms with Gasteiger partial charge in [-0.1, -0.05) is 12.8 Å². The summed E-state index contributed by atoms with van der Waals surface area (Å²) >= 11 is 0. The molecule has 1 amide bonds. The highest BCUT2D eigenvalue weighted by Crippen LogP contribution is 2.24. The maximum absolute atomic E-state index is 12.2. The van der Waals surface area contributed by atoms with Gasteiger partial charge < -0.3 is 4.90 Å². The van der Waals surface area contributed by atoms with Crippen LogP contribution in [0.3, 0.4) is 0 Å². The summed E-state index contributed by atoms with van der Waals surface area (Å²) in [4.78, 5) is 21.5. The van der Waals surface area contributed by atoms with Gasteiger partial charge in [0.2, 0.25) is 0 Å². The molecule has 1 saturated carbocycles. The summed E-state index contributed by atoms with van der Waals surface area (Å²) in [6.07, 6.45) is 8.61. The number of aromatic nitrogens is 2. The van der Waals surface area contributed by atoms with Crippen molar-refractivity contribution in [1.29, 1.82) is 5.26 Å². The van der Waals surface area contributed by atoms with Gasteiger partial charge in [0.25, 0.3) is 5.91 Å².